The molecule has 106 valence electrons. The Morgan fingerprint density at radius 2 is 1.43 bits per heavy atom. The first-order chi connectivity index (χ1) is 10.3. The number of benzene rings is 2. The molecule has 0 atom stereocenters. The highest BCUT2D eigenvalue weighted by molar-refractivity contribution is 5.79. The van der Waals surface area contributed by atoms with Crippen LogP contribution in [0.4, 0.5) is 0 Å². The number of nitrogens with one attached hydrogen (secondary N) is 1. The molecule has 2 rings (SSSR count). The summed E-state index contributed by atoms with van der Waals surface area (Å²) in [4.78, 5) is 12.2. The van der Waals surface area contributed by atoms with Crippen LogP contribution < -0.4 is 5.32 Å². The van der Waals surface area contributed by atoms with Crippen LogP contribution in [0.2, 0.25) is 0 Å². The van der Waals surface area contributed by atoms with Crippen LogP contribution in [0.15, 0.2) is 60.7 Å². The topological polar surface area (TPSA) is 52.9 Å². The maximum atomic E-state index is 12.2. The molecule has 0 aliphatic carbocycles. The molecule has 1 N–H and O–H groups in total. The standard InChI is InChI=1S/C18H18N2O/c19-11-12-20-18(21)17(13-15-7-3-1-4-8-15)14-16-9-5-2-6-10-16/h1-10,17H,12-14H2,(H,20,21). The fraction of sp³-hybridized carbons (Fsp3) is 0.222. The summed E-state index contributed by atoms with van der Waals surface area (Å²) in [6.45, 7) is 0.0545. The van der Waals surface area contributed by atoms with E-state index in [1.54, 1.807) is 0 Å². The first-order valence-electron chi connectivity index (χ1n) is 7.02. The third kappa shape index (κ3) is 4.77. The average Bonchev–Trinajstić information content (AvgIpc) is 2.54. The second kappa shape index (κ2) is 7.86. The molecule has 3 heteroatoms. The normalized spacial score (nSPS) is 10.1. The molecule has 0 saturated carbocycles. The second-order valence-corrected chi connectivity index (χ2v) is 4.95. The van der Waals surface area contributed by atoms with Crippen molar-refractivity contribution in [3.05, 3.63) is 71.8 Å². The van der Waals surface area contributed by atoms with Gasteiger partial charge in [0, 0.05) is 5.92 Å². The van der Waals surface area contributed by atoms with Gasteiger partial charge in [0.25, 0.3) is 0 Å². The van der Waals surface area contributed by atoms with Gasteiger partial charge in [0.15, 0.2) is 0 Å². The van der Waals surface area contributed by atoms with E-state index in [4.69, 9.17) is 5.26 Å². The first kappa shape index (κ1) is 14.8. The van der Waals surface area contributed by atoms with Gasteiger partial charge < -0.3 is 5.32 Å². The largest absolute Gasteiger partial charge is 0.343 e. The van der Waals surface area contributed by atoms with Gasteiger partial charge in [-0.15, -0.1) is 0 Å². The summed E-state index contributed by atoms with van der Waals surface area (Å²) >= 11 is 0. The number of hydrogen-bond donors (Lipinski definition) is 1. The Balaban J connectivity index is 2.10. The van der Waals surface area contributed by atoms with Gasteiger partial charge in [-0.25, -0.2) is 0 Å². The molecule has 21 heavy (non-hydrogen) atoms. The van der Waals surface area contributed by atoms with Gasteiger partial charge in [-0.3, -0.25) is 4.79 Å². The molecular formula is C18H18N2O. The van der Waals surface area contributed by atoms with Crippen molar-refractivity contribution in [3.8, 4) is 6.07 Å². The molecule has 0 aromatic heterocycles. The summed E-state index contributed by atoms with van der Waals surface area (Å²) in [7, 11) is 0. The maximum Gasteiger partial charge on any atom is 0.224 e. The fourth-order valence-electron chi connectivity index (χ4n) is 2.33. The predicted octanol–water partition coefficient (Wildman–Crippen LogP) is 2.73. The van der Waals surface area contributed by atoms with Crippen molar-refractivity contribution in [3.63, 3.8) is 0 Å². The zero-order valence-corrected chi connectivity index (χ0v) is 11.8. The average molecular weight is 278 g/mol. The lowest BCUT2D eigenvalue weighted by Gasteiger charge is -2.16. The molecule has 0 fully saturated rings. The number of carbonyl (C=O) groups excluding carboxylic acids is 1. The van der Waals surface area contributed by atoms with Crippen molar-refractivity contribution in [1.29, 1.82) is 5.26 Å². The molecule has 2 aromatic carbocycles. The summed E-state index contributed by atoms with van der Waals surface area (Å²) in [5, 5.41) is 11.3. The van der Waals surface area contributed by atoms with Crippen LogP contribution in [-0.2, 0) is 17.6 Å². The predicted molar refractivity (Wildman–Crippen MR) is 82.4 cm³/mol. The summed E-state index contributed by atoms with van der Waals surface area (Å²) in [5.41, 5.74) is 2.26. The van der Waals surface area contributed by atoms with Crippen molar-refractivity contribution < 1.29 is 4.79 Å². The second-order valence-electron chi connectivity index (χ2n) is 4.95. The number of rotatable bonds is 6. The van der Waals surface area contributed by atoms with Gasteiger partial charge in [0.05, 0.1) is 6.07 Å². The molecule has 0 aliphatic heterocycles. The SMILES string of the molecule is N#CCNC(=O)C(Cc1ccccc1)Cc1ccccc1. The van der Waals surface area contributed by atoms with Crippen LogP contribution in [-0.4, -0.2) is 12.5 Å². The van der Waals surface area contributed by atoms with E-state index in [1.807, 2.05) is 66.7 Å². The molecule has 3 nitrogen and oxygen atoms in total. The summed E-state index contributed by atoms with van der Waals surface area (Å²) in [6.07, 6.45) is 1.35. The lowest BCUT2D eigenvalue weighted by Crippen LogP contribution is -2.33. The molecule has 0 spiro atoms. The lowest BCUT2D eigenvalue weighted by molar-refractivity contribution is -0.124. The van der Waals surface area contributed by atoms with E-state index in [1.165, 1.54) is 0 Å². The minimum Gasteiger partial charge on any atom is -0.343 e. The van der Waals surface area contributed by atoms with Gasteiger partial charge >= 0.3 is 0 Å². The van der Waals surface area contributed by atoms with Crippen LogP contribution in [0.25, 0.3) is 0 Å². The van der Waals surface area contributed by atoms with E-state index in [2.05, 4.69) is 5.32 Å². The zero-order valence-electron chi connectivity index (χ0n) is 11.8. The van der Waals surface area contributed by atoms with Crippen molar-refractivity contribution in [2.75, 3.05) is 6.54 Å². The van der Waals surface area contributed by atoms with Crippen molar-refractivity contribution in [2.24, 2.45) is 5.92 Å². The van der Waals surface area contributed by atoms with Crippen LogP contribution in [0, 0.1) is 17.2 Å². The summed E-state index contributed by atoms with van der Waals surface area (Å²) in [6, 6.07) is 21.9. The van der Waals surface area contributed by atoms with Gasteiger partial charge in [-0.05, 0) is 24.0 Å². The molecule has 0 unspecified atom stereocenters. The molecule has 0 radical (unpaired) electrons. The molecular weight excluding hydrogens is 260 g/mol. The van der Waals surface area contributed by atoms with Crippen molar-refractivity contribution in [2.45, 2.75) is 12.8 Å². The van der Waals surface area contributed by atoms with Gasteiger partial charge in [-0.1, -0.05) is 60.7 Å². The van der Waals surface area contributed by atoms with Gasteiger partial charge in [-0.2, -0.15) is 5.26 Å². The highest BCUT2D eigenvalue weighted by Gasteiger charge is 2.19. The molecule has 0 bridgehead atoms. The minimum absolute atomic E-state index is 0.0545. The van der Waals surface area contributed by atoms with E-state index in [9.17, 15) is 4.79 Å². The Morgan fingerprint density at radius 3 is 1.86 bits per heavy atom. The molecule has 2 aromatic rings. The van der Waals surface area contributed by atoms with Crippen molar-refractivity contribution in [1.82, 2.24) is 5.32 Å². The van der Waals surface area contributed by atoms with Crippen LogP contribution in [0.3, 0.4) is 0 Å². The molecule has 1 amide bonds. The van der Waals surface area contributed by atoms with Crippen LogP contribution >= 0.6 is 0 Å². The third-order valence-electron chi connectivity index (χ3n) is 3.36. The smallest absolute Gasteiger partial charge is 0.224 e. The van der Waals surface area contributed by atoms with E-state index in [-0.39, 0.29) is 18.4 Å². The quantitative estimate of drug-likeness (QED) is 0.826. The number of nitrogens with zero attached hydrogens (tertiary/aromatic N) is 1. The Kier molecular flexibility index (Phi) is 5.54. The first-order valence-corrected chi connectivity index (χ1v) is 7.02. The van der Waals surface area contributed by atoms with E-state index in [0.717, 1.165) is 11.1 Å². The number of nitriles is 1. The number of carbonyl (C=O) groups is 1. The van der Waals surface area contributed by atoms with E-state index < -0.39 is 0 Å². The summed E-state index contributed by atoms with van der Waals surface area (Å²) in [5.74, 6) is -0.229. The van der Waals surface area contributed by atoms with E-state index in [0.29, 0.717) is 12.8 Å². The molecule has 0 aliphatic rings. The number of hydrogen-bond acceptors (Lipinski definition) is 2. The van der Waals surface area contributed by atoms with E-state index >= 15 is 0 Å². The maximum absolute atomic E-state index is 12.2. The van der Waals surface area contributed by atoms with Crippen LogP contribution in [0.5, 0.6) is 0 Å². The Morgan fingerprint density at radius 1 is 0.952 bits per heavy atom. The fourth-order valence-corrected chi connectivity index (χ4v) is 2.33. The minimum atomic E-state index is -0.164. The zero-order chi connectivity index (χ0) is 14.9. The molecule has 0 heterocycles. The highest BCUT2D eigenvalue weighted by atomic mass is 16.1. The van der Waals surface area contributed by atoms with Gasteiger partial charge in [0.1, 0.15) is 6.54 Å². The van der Waals surface area contributed by atoms with Crippen LogP contribution in [0.1, 0.15) is 11.1 Å². The third-order valence-corrected chi connectivity index (χ3v) is 3.36. The highest BCUT2D eigenvalue weighted by Crippen LogP contribution is 2.15. The van der Waals surface area contributed by atoms with Gasteiger partial charge in [0.2, 0.25) is 5.91 Å². The Hall–Kier alpha value is -2.60. The molecule has 0 saturated heterocycles. The summed E-state index contributed by atoms with van der Waals surface area (Å²) < 4.78 is 0. The van der Waals surface area contributed by atoms with Crippen molar-refractivity contribution >= 4 is 5.91 Å². The lowest BCUT2D eigenvalue weighted by atomic mass is 9.92. The number of amides is 1. The Bertz CT molecular complexity index is 561. The monoisotopic (exact) mass is 278 g/mol. The Labute approximate surface area is 125 Å².